The first kappa shape index (κ1) is 12.9. The van der Waals surface area contributed by atoms with Crippen LogP contribution >= 0.6 is 15.9 Å². The summed E-state index contributed by atoms with van der Waals surface area (Å²) in [5, 5.41) is 8.56. The van der Waals surface area contributed by atoms with Gasteiger partial charge in [0.15, 0.2) is 0 Å². The summed E-state index contributed by atoms with van der Waals surface area (Å²) < 4.78 is 0.933. The molecule has 0 aliphatic rings. The van der Waals surface area contributed by atoms with Crippen LogP contribution in [0.1, 0.15) is 31.7 Å². The fourth-order valence-corrected chi connectivity index (χ4v) is 1.79. The minimum absolute atomic E-state index is 0.172. The van der Waals surface area contributed by atoms with Gasteiger partial charge >= 0.3 is 5.97 Å². The van der Waals surface area contributed by atoms with Crippen LogP contribution in [0.15, 0.2) is 29.0 Å². The molecule has 0 aliphatic heterocycles. The Kier molecular flexibility index (Phi) is 5.19. The Labute approximate surface area is 103 Å². The van der Waals surface area contributed by atoms with E-state index in [-0.39, 0.29) is 6.42 Å². The normalized spacial score (nSPS) is 11.5. The summed E-state index contributed by atoms with van der Waals surface area (Å²) >= 11 is 3.37. The smallest absolute Gasteiger partial charge is 0.303 e. The van der Waals surface area contributed by atoms with Gasteiger partial charge in [-0.05, 0) is 46.0 Å². The van der Waals surface area contributed by atoms with Crippen LogP contribution in [0.25, 0.3) is 5.57 Å². The Hall–Kier alpha value is -1.16. The Morgan fingerprint density at radius 3 is 2.88 bits per heavy atom. The third-order valence-electron chi connectivity index (χ3n) is 2.21. The van der Waals surface area contributed by atoms with Crippen molar-refractivity contribution in [2.24, 2.45) is 0 Å². The molecule has 1 rings (SSSR count). The molecule has 0 fully saturated rings. The molecular weight excluding hydrogens is 270 g/mol. The van der Waals surface area contributed by atoms with Crippen molar-refractivity contribution in [2.45, 2.75) is 26.2 Å². The Morgan fingerprint density at radius 2 is 2.31 bits per heavy atom. The van der Waals surface area contributed by atoms with Gasteiger partial charge < -0.3 is 5.11 Å². The number of carbonyl (C=O) groups is 1. The molecule has 0 aliphatic carbocycles. The predicted molar refractivity (Wildman–Crippen MR) is 67.1 cm³/mol. The van der Waals surface area contributed by atoms with Crippen molar-refractivity contribution in [3.05, 3.63) is 34.6 Å². The van der Waals surface area contributed by atoms with Crippen molar-refractivity contribution in [1.29, 1.82) is 0 Å². The molecule has 4 heteroatoms. The number of nitrogens with zero attached hydrogens (tertiary/aromatic N) is 1. The SMILES string of the molecule is CC/C(=C/CCC(=O)O)c1cncc(Br)c1. The van der Waals surface area contributed by atoms with Gasteiger partial charge in [-0.15, -0.1) is 0 Å². The fraction of sp³-hybridized carbons (Fsp3) is 0.333. The monoisotopic (exact) mass is 283 g/mol. The lowest BCUT2D eigenvalue weighted by atomic mass is 10.0. The van der Waals surface area contributed by atoms with Gasteiger partial charge in [-0.1, -0.05) is 13.0 Å². The van der Waals surface area contributed by atoms with Crippen LogP contribution in [-0.2, 0) is 4.79 Å². The topological polar surface area (TPSA) is 50.2 Å². The number of hydrogen-bond donors (Lipinski definition) is 1. The highest BCUT2D eigenvalue weighted by Gasteiger charge is 2.01. The van der Waals surface area contributed by atoms with Gasteiger partial charge in [0.25, 0.3) is 0 Å². The average Bonchev–Trinajstić information content (AvgIpc) is 2.24. The number of carboxylic acid groups (broad SMARTS) is 1. The first-order chi connectivity index (χ1) is 7.63. The van der Waals surface area contributed by atoms with E-state index in [0.717, 1.165) is 22.0 Å². The molecular formula is C12H14BrNO2. The first-order valence-electron chi connectivity index (χ1n) is 5.15. The largest absolute Gasteiger partial charge is 0.481 e. The number of pyridine rings is 1. The molecule has 0 aromatic carbocycles. The second kappa shape index (κ2) is 6.43. The van der Waals surface area contributed by atoms with Crippen LogP contribution in [-0.4, -0.2) is 16.1 Å². The Balaban J connectivity index is 2.77. The minimum atomic E-state index is -0.765. The lowest BCUT2D eigenvalue weighted by Crippen LogP contribution is -1.93. The summed E-state index contributed by atoms with van der Waals surface area (Å²) in [5.74, 6) is -0.765. The molecule has 3 nitrogen and oxygen atoms in total. The molecule has 0 bridgehead atoms. The zero-order valence-electron chi connectivity index (χ0n) is 9.11. The zero-order chi connectivity index (χ0) is 12.0. The molecule has 0 unspecified atom stereocenters. The zero-order valence-corrected chi connectivity index (χ0v) is 10.7. The Morgan fingerprint density at radius 1 is 1.56 bits per heavy atom. The highest BCUT2D eigenvalue weighted by atomic mass is 79.9. The van der Waals surface area contributed by atoms with Crippen LogP contribution in [0.4, 0.5) is 0 Å². The van der Waals surface area contributed by atoms with Crippen molar-refractivity contribution in [2.75, 3.05) is 0 Å². The van der Waals surface area contributed by atoms with Crippen molar-refractivity contribution in [3.63, 3.8) is 0 Å². The van der Waals surface area contributed by atoms with Gasteiger partial charge in [0, 0.05) is 23.3 Å². The number of aromatic nitrogens is 1. The van der Waals surface area contributed by atoms with Gasteiger partial charge in [-0.25, -0.2) is 0 Å². The maximum Gasteiger partial charge on any atom is 0.303 e. The van der Waals surface area contributed by atoms with Crippen LogP contribution in [0.2, 0.25) is 0 Å². The van der Waals surface area contributed by atoms with Crippen molar-refractivity contribution < 1.29 is 9.90 Å². The van der Waals surface area contributed by atoms with Gasteiger partial charge in [-0.2, -0.15) is 0 Å². The third-order valence-corrected chi connectivity index (χ3v) is 2.64. The molecule has 1 aromatic rings. The second-order valence-corrected chi connectivity index (χ2v) is 4.32. The van der Waals surface area contributed by atoms with E-state index >= 15 is 0 Å². The quantitative estimate of drug-likeness (QED) is 0.900. The third kappa shape index (κ3) is 4.14. The molecule has 0 atom stereocenters. The lowest BCUT2D eigenvalue weighted by Gasteiger charge is -2.04. The molecule has 1 N–H and O–H groups in total. The molecule has 16 heavy (non-hydrogen) atoms. The molecule has 0 saturated heterocycles. The van der Waals surface area contributed by atoms with E-state index in [1.807, 2.05) is 19.1 Å². The van der Waals surface area contributed by atoms with Crippen LogP contribution < -0.4 is 0 Å². The lowest BCUT2D eigenvalue weighted by molar-refractivity contribution is -0.136. The minimum Gasteiger partial charge on any atom is -0.481 e. The van der Waals surface area contributed by atoms with E-state index in [1.165, 1.54) is 0 Å². The average molecular weight is 284 g/mol. The molecule has 1 aromatic heterocycles. The van der Waals surface area contributed by atoms with Gasteiger partial charge in [0.2, 0.25) is 0 Å². The van der Waals surface area contributed by atoms with Crippen LogP contribution in [0.3, 0.4) is 0 Å². The molecule has 0 spiro atoms. The number of aliphatic carboxylic acids is 1. The van der Waals surface area contributed by atoms with Crippen molar-refractivity contribution >= 4 is 27.5 Å². The summed E-state index contributed by atoms with van der Waals surface area (Å²) in [6.45, 7) is 2.05. The molecule has 0 radical (unpaired) electrons. The number of hydrogen-bond acceptors (Lipinski definition) is 2. The van der Waals surface area contributed by atoms with E-state index in [2.05, 4.69) is 20.9 Å². The van der Waals surface area contributed by atoms with E-state index in [1.54, 1.807) is 12.4 Å². The maximum atomic E-state index is 10.4. The number of rotatable bonds is 5. The van der Waals surface area contributed by atoms with E-state index in [0.29, 0.717) is 6.42 Å². The van der Waals surface area contributed by atoms with Crippen LogP contribution in [0.5, 0.6) is 0 Å². The highest BCUT2D eigenvalue weighted by Crippen LogP contribution is 2.21. The van der Waals surface area contributed by atoms with Crippen molar-refractivity contribution in [3.8, 4) is 0 Å². The second-order valence-electron chi connectivity index (χ2n) is 3.41. The summed E-state index contributed by atoms with van der Waals surface area (Å²) in [6.07, 6.45) is 7.10. The van der Waals surface area contributed by atoms with Gasteiger partial charge in [0.05, 0.1) is 0 Å². The first-order valence-corrected chi connectivity index (χ1v) is 5.94. The highest BCUT2D eigenvalue weighted by molar-refractivity contribution is 9.10. The molecule has 0 amide bonds. The van der Waals surface area contributed by atoms with E-state index in [9.17, 15) is 4.79 Å². The molecule has 86 valence electrons. The Bertz CT molecular complexity index is 402. The fourth-order valence-electron chi connectivity index (χ4n) is 1.42. The van der Waals surface area contributed by atoms with Gasteiger partial charge in [-0.3, -0.25) is 9.78 Å². The standard InChI is InChI=1S/C12H14BrNO2/c1-2-9(4-3-5-12(15)16)10-6-11(13)8-14-7-10/h4,6-8H,2-3,5H2,1H3,(H,15,16)/b9-4-. The molecule has 0 saturated carbocycles. The number of carboxylic acids is 1. The summed E-state index contributed by atoms with van der Waals surface area (Å²) in [6, 6.07) is 1.99. The van der Waals surface area contributed by atoms with Crippen molar-refractivity contribution in [1.82, 2.24) is 4.98 Å². The maximum absolute atomic E-state index is 10.4. The predicted octanol–water partition coefficient (Wildman–Crippen LogP) is 3.50. The van der Waals surface area contributed by atoms with E-state index < -0.39 is 5.97 Å². The number of allylic oxidation sites excluding steroid dienone is 2. The molecule has 1 heterocycles. The van der Waals surface area contributed by atoms with Crippen LogP contribution in [0, 0.1) is 0 Å². The number of halogens is 1. The summed E-state index contributed by atoms with van der Waals surface area (Å²) in [7, 11) is 0. The summed E-state index contributed by atoms with van der Waals surface area (Å²) in [4.78, 5) is 14.5. The van der Waals surface area contributed by atoms with E-state index in [4.69, 9.17) is 5.11 Å². The summed E-state index contributed by atoms with van der Waals surface area (Å²) in [5.41, 5.74) is 2.18. The van der Waals surface area contributed by atoms with Gasteiger partial charge in [0.1, 0.15) is 0 Å².